The van der Waals surface area contributed by atoms with Crippen LogP contribution >= 0.6 is 15.9 Å². The molecule has 1 N–H and O–H groups in total. The second kappa shape index (κ2) is 8.93. The van der Waals surface area contributed by atoms with Gasteiger partial charge < -0.3 is 5.32 Å². The number of hydrogen-bond acceptors (Lipinski definition) is 4. The number of nitrogens with one attached hydrogen (secondary N) is 1. The first-order valence-electron chi connectivity index (χ1n) is 9.70. The number of aryl methyl sites for hydroxylation is 1. The van der Waals surface area contributed by atoms with Crippen molar-refractivity contribution in [1.82, 2.24) is 24.4 Å². The normalized spacial score (nSPS) is 11.7. The van der Waals surface area contributed by atoms with Crippen LogP contribution in [0, 0.1) is 13.8 Å². The summed E-state index contributed by atoms with van der Waals surface area (Å²) in [6.07, 6.45) is -6.11. The van der Waals surface area contributed by atoms with Gasteiger partial charge in [-0.15, -0.1) is 0 Å². The maximum Gasteiger partial charge on any atom is 0.280 e. The first kappa shape index (κ1) is 22.9. The number of carbonyl (C=O) groups excluding carboxylic acids is 1. The molecule has 1 amide bonds. The number of rotatable bonds is 6. The smallest absolute Gasteiger partial charge is 0.280 e. The Morgan fingerprint density at radius 1 is 1.09 bits per heavy atom. The van der Waals surface area contributed by atoms with Crippen LogP contribution in [0.15, 0.2) is 40.9 Å². The standard InChI is InChI=1S/C21H17BrF4N6O/c1-10-18(22)11(2)31(29-10)9-12-4-3-5-13(6-12)27-21(33)15-8-17-28-14(19(23)24)7-16(20(25)26)32(17)30-15/h3-8,19-20H,9H2,1-2H3,(H,27,33). The number of nitrogens with zero attached hydrogens (tertiary/aromatic N) is 5. The number of amides is 1. The maximum absolute atomic E-state index is 13.3. The topological polar surface area (TPSA) is 77.1 Å². The van der Waals surface area contributed by atoms with E-state index in [4.69, 9.17) is 0 Å². The Morgan fingerprint density at radius 3 is 2.48 bits per heavy atom. The van der Waals surface area contributed by atoms with E-state index in [2.05, 4.69) is 36.4 Å². The Hall–Kier alpha value is -3.28. The van der Waals surface area contributed by atoms with Gasteiger partial charge in [-0.1, -0.05) is 12.1 Å². The van der Waals surface area contributed by atoms with Gasteiger partial charge in [0, 0.05) is 11.8 Å². The van der Waals surface area contributed by atoms with E-state index < -0.39 is 30.1 Å². The van der Waals surface area contributed by atoms with Crippen LogP contribution in [0.25, 0.3) is 5.65 Å². The van der Waals surface area contributed by atoms with Gasteiger partial charge in [0.25, 0.3) is 18.8 Å². The summed E-state index contributed by atoms with van der Waals surface area (Å²) in [6, 6.07) is 8.69. The Balaban J connectivity index is 1.59. The predicted octanol–water partition coefficient (Wildman–Crippen LogP) is 5.48. The third kappa shape index (κ3) is 4.61. The average molecular weight is 525 g/mol. The number of benzene rings is 1. The SMILES string of the molecule is Cc1nn(Cc2cccc(NC(=O)c3cc4nc(C(F)F)cc(C(F)F)n4n3)c2)c(C)c1Br. The Bertz CT molecular complexity index is 1350. The minimum atomic E-state index is -3.07. The zero-order valence-electron chi connectivity index (χ0n) is 17.4. The zero-order valence-corrected chi connectivity index (χ0v) is 18.9. The van der Waals surface area contributed by atoms with Crippen molar-refractivity contribution < 1.29 is 22.4 Å². The molecule has 0 atom stereocenters. The van der Waals surface area contributed by atoms with Crippen molar-refractivity contribution in [3.05, 3.63) is 74.9 Å². The van der Waals surface area contributed by atoms with Crippen molar-refractivity contribution in [2.45, 2.75) is 33.2 Å². The zero-order chi connectivity index (χ0) is 23.9. The first-order valence-corrected chi connectivity index (χ1v) is 10.5. The lowest BCUT2D eigenvalue weighted by atomic mass is 10.2. The van der Waals surface area contributed by atoms with Gasteiger partial charge >= 0.3 is 0 Å². The molecule has 0 saturated heterocycles. The van der Waals surface area contributed by atoms with E-state index in [0.29, 0.717) is 22.8 Å². The largest absolute Gasteiger partial charge is 0.321 e. The van der Waals surface area contributed by atoms with Gasteiger partial charge in [-0.2, -0.15) is 10.2 Å². The molecule has 4 rings (SSSR count). The lowest BCUT2D eigenvalue weighted by Crippen LogP contribution is -2.13. The highest BCUT2D eigenvalue weighted by molar-refractivity contribution is 9.10. The summed E-state index contributed by atoms with van der Waals surface area (Å²) in [5, 5.41) is 10.9. The third-order valence-electron chi connectivity index (χ3n) is 4.96. The van der Waals surface area contributed by atoms with Gasteiger partial charge in [-0.05, 0) is 53.5 Å². The molecule has 7 nitrogen and oxygen atoms in total. The fourth-order valence-corrected chi connectivity index (χ4v) is 3.62. The summed E-state index contributed by atoms with van der Waals surface area (Å²) in [5.74, 6) is -0.690. The number of aromatic nitrogens is 5. The van der Waals surface area contributed by atoms with Crippen molar-refractivity contribution in [3.63, 3.8) is 0 Å². The molecule has 0 spiro atoms. The van der Waals surface area contributed by atoms with E-state index in [1.54, 1.807) is 18.2 Å². The van der Waals surface area contributed by atoms with Crippen molar-refractivity contribution in [2.24, 2.45) is 0 Å². The number of fused-ring (bicyclic) bond motifs is 1. The fourth-order valence-electron chi connectivity index (χ4n) is 3.34. The molecule has 0 radical (unpaired) electrons. The molecular formula is C21H17BrF4N6O. The summed E-state index contributed by atoms with van der Waals surface area (Å²) in [6.45, 7) is 4.28. The molecule has 0 bridgehead atoms. The molecule has 0 fully saturated rings. The molecular weight excluding hydrogens is 508 g/mol. The quantitative estimate of drug-likeness (QED) is 0.339. The molecule has 0 unspecified atom stereocenters. The second-order valence-corrected chi connectivity index (χ2v) is 8.10. The average Bonchev–Trinajstić information content (AvgIpc) is 3.30. The highest BCUT2D eigenvalue weighted by atomic mass is 79.9. The highest BCUT2D eigenvalue weighted by Crippen LogP contribution is 2.26. The van der Waals surface area contributed by atoms with Crippen molar-refractivity contribution in [1.29, 1.82) is 0 Å². The molecule has 0 aliphatic rings. The van der Waals surface area contributed by atoms with Crippen LogP contribution in [0.5, 0.6) is 0 Å². The fraction of sp³-hybridized carbons (Fsp3) is 0.238. The minimum Gasteiger partial charge on any atom is -0.321 e. The lowest BCUT2D eigenvalue weighted by molar-refractivity contribution is 0.102. The van der Waals surface area contributed by atoms with Crippen molar-refractivity contribution in [3.8, 4) is 0 Å². The summed E-state index contributed by atoms with van der Waals surface area (Å²) in [5.41, 5.74) is 1.05. The van der Waals surface area contributed by atoms with Gasteiger partial charge in [0.05, 0.1) is 22.4 Å². The molecule has 12 heteroatoms. The van der Waals surface area contributed by atoms with E-state index in [9.17, 15) is 22.4 Å². The van der Waals surface area contributed by atoms with Gasteiger partial charge in [0.2, 0.25) is 0 Å². The van der Waals surface area contributed by atoms with Crippen LogP contribution in [0.4, 0.5) is 23.2 Å². The van der Waals surface area contributed by atoms with E-state index in [-0.39, 0.29) is 11.3 Å². The molecule has 3 heterocycles. The molecule has 33 heavy (non-hydrogen) atoms. The monoisotopic (exact) mass is 524 g/mol. The molecule has 0 aliphatic heterocycles. The number of carbonyl (C=O) groups is 1. The summed E-state index contributed by atoms with van der Waals surface area (Å²) in [7, 11) is 0. The summed E-state index contributed by atoms with van der Waals surface area (Å²) < 4.78 is 56.1. The highest BCUT2D eigenvalue weighted by Gasteiger charge is 2.22. The second-order valence-electron chi connectivity index (χ2n) is 7.30. The van der Waals surface area contributed by atoms with Gasteiger partial charge in [-0.25, -0.2) is 27.1 Å². The number of hydrogen-bond donors (Lipinski definition) is 1. The van der Waals surface area contributed by atoms with E-state index in [1.165, 1.54) is 0 Å². The number of anilines is 1. The Kier molecular flexibility index (Phi) is 6.19. The van der Waals surface area contributed by atoms with Crippen LogP contribution in [-0.2, 0) is 6.54 Å². The molecule has 0 saturated carbocycles. The molecule has 0 aliphatic carbocycles. The Labute approximate surface area is 193 Å². The van der Waals surface area contributed by atoms with Gasteiger partial charge in [0.1, 0.15) is 11.4 Å². The van der Waals surface area contributed by atoms with E-state index in [1.807, 2.05) is 24.6 Å². The first-order chi connectivity index (χ1) is 15.6. The van der Waals surface area contributed by atoms with Crippen LogP contribution in [0.2, 0.25) is 0 Å². The summed E-state index contributed by atoms with van der Waals surface area (Å²) in [4.78, 5) is 16.3. The minimum absolute atomic E-state index is 0.233. The predicted molar refractivity (Wildman–Crippen MR) is 116 cm³/mol. The Morgan fingerprint density at radius 2 is 1.85 bits per heavy atom. The van der Waals surface area contributed by atoms with Crippen LogP contribution in [-0.4, -0.2) is 30.3 Å². The number of alkyl halides is 4. The van der Waals surface area contributed by atoms with Gasteiger partial charge in [0.15, 0.2) is 11.3 Å². The third-order valence-corrected chi connectivity index (χ3v) is 6.11. The molecule has 172 valence electrons. The summed E-state index contributed by atoms with van der Waals surface area (Å²) >= 11 is 3.48. The number of halogens is 5. The lowest BCUT2D eigenvalue weighted by Gasteiger charge is -2.08. The van der Waals surface area contributed by atoms with Crippen molar-refractivity contribution in [2.75, 3.05) is 5.32 Å². The van der Waals surface area contributed by atoms with Crippen LogP contribution in [0.1, 0.15) is 51.7 Å². The van der Waals surface area contributed by atoms with Gasteiger partial charge in [-0.3, -0.25) is 9.48 Å². The molecule has 1 aromatic carbocycles. The van der Waals surface area contributed by atoms with Crippen LogP contribution in [0.3, 0.4) is 0 Å². The van der Waals surface area contributed by atoms with Crippen molar-refractivity contribution >= 4 is 33.2 Å². The molecule has 4 aromatic rings. The maximum atomic E-state index is 13.3. The van der Waals surface area contributed by atoms with Crippen LogP contribution < -0.4 is 5.32 Å². The van der Waals surface area contributed by atoms with E-state index in [0.717, 1.165) is 27.5 Å². The molecule has 3 aromatic heterocycles. The van der Waals surface area contributed by atoms with E-state index >= 15 is 0 Å².